The molecule has 1 aromatic carbocycles. The highest BCUT2D eigenvalue weighted by Gasteiger charge is 2.07. The van der Waals surface area contributed by atoms with Crippen LogP contribution < -0.4 is 5.32 Å². The van der Waals surface area contributed by atoms with Crippen molar-refractivity contribution in [3.63, 3.8) is 0 Å². The molecule has 0 spiro atoms. The van der Waals surface area contributed by atoms with Gasteiger partial charge < -0.3 is 5.32 Å². The lowest BCUT2D eigenvalue weighted by Gasteiger charge is -2.13. The van der Waals surface area contributed by atoms with Crippen LogP contribution in [0.1, 0.15) is 18.7 Å². The molecule has 1 unspecified atom stereocenters. The van der Waals surface area contributed by atoms with Crippen LogP contribution >= 0.6 is 0 Å². The zero-order chi connectivity index (χ0) is 11.5. The molecule has 2 rings (SSSR count). The summed E-state index contributed by atoms with van der Waals surface area (Å²) in [7, 11) is 0. The predicted octanol–water partition coefficient (Wildman–Crippen LogP) is 2.86. The third kappa shape index (κ3) is 2.36. The Morgan fingerprint density at radius 3 is 2.50 bits per heavy atom. The average Bonchev–Trinajstić information content (AvgIpc) is 2.68. The van der Waals surface area contributed by atoms with E-state index >= 15 is 0 Å². The van der Waals surface area contributed by atoms with E-state index in [2.05, 4.69) is 15.5 Å². The van der Waals surface area contributed by atoms with Crippen LogP contribution in [0.5, 0.6) is 0 Å². The van der Waals surface area contributed by atoms with Crippen LogP contribution in [0.4, 0.5) is 14.5 Å². The van der Waals surface area contributed by atoms with E-state index in [9.17, 15) is 8.78 Å². The maximum Gasteiger partial charge on any atom is 0.128 e. The van der Waals surface area contributed by atoms with Gasteiger partial charge in [0.1, 0.15) is 11.6 Å². The monoisotopic (exact) mass is 223 g/mol. The van der Waals surface area contributed by atoms with Gasteiger partial charge in [0, 0.05) is 18.0 Å². The molecule has 0 fully saturated rings. The third-order valence-corrected chi connectivity index (χ3v) is 2.23. The second-order valence-electron chi connectivity index (χ2n) is 3.54. The predicted molar refractivity (Wildman–Crippen MR) is 57.0 cm³/mol. The molecule has 3 nitrogen and oxygen atoms in total. The van der Waals surface area contributed by atoms with E-state index in [1.54, 1.807) is 12.3 Å². The van der Waals surface area contributed by atoms with Gasteiger partial charge in [0.15, 0.2) is 0 Å². The zero-order valence-electron chi connectivity index (χ0n) is 8.67. The molecule has 1 aromatic heterocycles. The topological polar surface area (TPSA) is 40.7 Å². The van der Waals surface area contributed by atoms with E-state index < -0.39 is 11.6 Å². The number of nitrogens with zero attached hydrogens (tertiary/aromatic N) is 1. The van der Waals surface area contributed by atoms with E-state index in [1.807, 2.05) is 6.92 Å². The smallest absolute Gasteiger partial charge is 0.128 e. The van der Waals surface area contributed by atoms with Crippen LogP contribution in [0.25, 0.3) is 0 Å². The summed E-state index contributed by atoms with van der Waals surface area (Å²) in [4.78, 5) is 0. The zero-order valence-corrected chi connectivity index (χ0v) is 8.67. The summed E-state index contributed by atoms with van der Waals surface area (Å²) in [5.41, 5.74) is 1.25. The normalized spacial score (nSPS) is 12.4. The maximum absolute atomic E-state index is 12.9. The lowest BCUT2D eigenvalue weighted by Crippen LogP contribution is -2.07. The van der Waals surface area contributed by atoms with Crippen LogP contribution in [0.3, 0.4) is 0 Å². The number of H-pyrrole nitrogens is 1. The molecular formula is C11H11F2N3. The van der Waals surface area contributed by atoms with Crippen molar-refractivity contribution in [3.05, 3.63) is 47.8 Å². The van der Waals surface area contributed by atoms with Crippen molar-refractivity contribution in [2.45, 2.75) is 13.0 Å². The van der Waals surface area contributed by atoms with E-state index in [0.717, 1.165) is 11.8 Å². The van der Waals surface area contributed by atoms with Gasteiger partial charge in [-0.05, 0) is 25.1 Å². The van der Waals surface area contributed by atoms with Crippen LogP contribution in [-0.2, 0) is 0 Å². The minimum Gasteiger partial charge on any atom is -0.377 e. The largest absolute Gasteiger partial charge is 0.377 e. The molecule has 0 saturated carbocycles. The van der Waals surface area contributed by atoms with Gasteiger partial charge in [0.2, 0.25) is 0 Å². The Labute approximate surface area is 91.5 Å². The average molecular weight is 223 g/mol. The highest BCUT2D eigenvalue weighted by Crippen LogP contribution is 2.19. The number of hydrogen-bond acceptors (Lipinski definition) is 2. The first-order valence-electron chi connectivity index (χ1n) is 4.87. The van der Waals surface area contributed by atoms with Gasteiger partial charge in [0.25, 0.3) is 0 Å². The number of aromatic amines is 1. The fourth-order valence-electron chi connectivity index (χ4n) is 1.47. The molecule has 1 atom stereocenters. The Morgan fingerprint density at radius 2 is 1.94 bits per heavy atom. The number of hydrogen-bond donors (Lipinski definition) is 2. The highest BCUT2D eigenvalue weighted by molar-refractivity contribution is 5.45. The molecule has 2 aromatic rings. The first-order valence-corrected chi connectivity index (χ1v) is 4.87. The SMILES string of the molecule is CC(Nc1cc(F)cc(F)c1)c1ccn[nH]1. The Balaban J connectivity index is 2.15. The maximum atomic E-state index is 12.9. The van der Waals surface area contributed by atoms with E-state index in [1.165, 1.54) is 12.1 Å². The van der Waals surface area contributed by atoms with Crippen molar-refractivity contribution < 1.29 is 8.78 Å². The molecule has 16 heavy (non-hydrogen) atoms. The van der Waals surface area contributed by atoms with E-state index in [4.69, 9.17) is 0 Å². The van der Waals surface area contributed by atoms with Crippen molar-refractivity contribution in [2.24, 2.45) is 0 Å². The highest BCUT2D eigenvalue weighted by atomic mass is 19.1. The Bertz CT molecular complexity index is 448. The molecule has 5 heteroatoms. The first kappa shape index (κ1) is 10.6. The number of nitrogens with one attached hydrogen (secondary N) is 2. The van der Waals surface area contributed by atoms with E-state index in [-0.39, 0.29) is 6.04 Å². The molecule has 0 amide bonds. The number of rotatable bonds is 3. The quantitative estimate of drug-likeness (QED) is 0.840. The molecule has 0 bridgehead atoms. The molecule has 0 aliphatic rings. The molecule has 84 valence electrons. The summed E-state index contributed by atoms with van der Waals surface area (Å²) in [6, 6.07) is 5.04. The number of halogens is 2. The van der Waals surface area contributed by atoms with Crippen LogP contribution in [0, 0.1) is 11.6 Å². The summed E-state index contributed by atoms with van der Waals surface area (Å²) >= 11 is 0. The molecule has 1 heterocycles. The van der Waals surface area contributed by atoms with Crippen molar-refractivity contribution in [3.8, 4) is 0 Å². The Morgan fingerprint density at radius 1 is 1.25 bits per heavy atom. The van der Waals surface area contributed by atoms with Crippen LogP contribution in [-0.4, -0.2) is 10.2 Å². The first-order chi connectivity index (χ1) is 7.65. The molecule has 0 aliphatic carbocycles. The van der Waals surface area contributed by atoms with Gasteiger partial charge >= 0.3 is 0 Å². The van der Waals surface area contributed by atoms with Gasteiger partial charge in [-0.3, -0.25) is 5.10 Å². The lowest BCUT2D eigenvalue weighted by molar-refractivity contribution is 0.583. The second-order valence-corrected chi connectivity index (χ2v) is 3.54. The second kappa shape index (κ2) is 4.30. The summed E-state index contributed by atoms with van der Waals surface area (Å²) in [6.45, 7) is 1.87. The van der Waals surface area contributed by atoms with Crippen molar-refractivity contribution in [1.82, 2.24) is 10.2 Å². The molecule has 0 saturated heterocycles. The minimum atomic E-state index is -0.598. The van der Waals surface area contributed by atoms with Crippen LogP contribution in [0.2, 0.25) is 0 Å². The molecular weight excluding hydrogens is 212 g/mol. The summed E-state index contributed by atoms with van der Waals surface area (Å²) < 4.78 is 25.8. The van der Waals surface area contributed by atoms with E-state index in [0.29, 0.717) is 5.69 Å². The Hall–Kier alpha value is -1.91. The fourth-order valence-corrected chi connectivity index (χ4v) is 1.47. The van der Waals surface area contributed by atoms with Crippen LogP contribution in [0.15, 0.2) is 30.5 Å². The fraction of sp³-hybridized carbons (Fsp3) is 0.182. The summed E-state index contributed by atoms with van der Waals surface area (Å²) in [6.07, 6.45) is 1.62. The van der Waals surface area contributed by atoms with Gasteiger partial charge in [-0.15, -0.1) is 0 Å². The Kier molecular flexibility index (Phi) is 2.85. The minimum absolute atomic E-state index is 0.0938. The van der Waals surface area contributed by atoms with Gasteiger partial charge in [-0.1, -0.05) is 0 Å². The number of anilines is 1. The number of benzene rings is 1. The van der Waals surface area contributed by atoms with Crippen molar-refractivity contribution >= 4 is 5.69 Å². The number of aromatic nitrogens is 2. The standard InChI is InChI=1S/C11H11F2N3/c1-7(11-2-3-14-16-11)15-10-5-8(12)4-9(13)6-10/h2-7,15H,1H3,(H,14,16). The van der Waals surface area contributed by atoms with Gasteiger partial charge in [-0.25, -0.2) is 8.78 Å². The van der Waals surface area contributed by atoms with Crippen molar-refractivity contribution in [2.75, 3.05) is 5.32 Å². The van der Waals surface area contributed by atoms with Gasteiger partial charge in [0.05, 0.1) is 11.7 Å². The van der Waals surface area contributed by atoms with Gasteiger partial charge in [-0.2, -0.15) is 5.10 Å². The lowest BCUT2D eigenvalue weighted by atomic mass is 10.2. The summed E-state index contributed by atoms with van der Waals surface area (Å²) in [5, 5.41) is 9.57. The molecule has 0 aliphatic heterocycles. The molecule has 2 N–H and O–H groups in total. The summed E-state index contributed by atoms with van der Waals surface area (Å²) in [5.74, 6) is -1.20. The molecule has 0 radical (unpaired) electrons. The third-order valence-electron chi connectivity index (χ3n) is 2.23. The van der Waals surface area contributed by atoms with Crippen molar-refractivity contribution in [1.29, 1.82) is 0 Å².